The molecule has 1 atom stereocenters. The van der Waals surface area contributed by atoms with Gasteiger partial charge in [-0.3, -0.25) is 9.59 Å². The van der Waals surface area contributed by atoms with E-state index in [2.05, 4.69) is 0 Å². The molecule has 0 N–H and O–H groups in total. The average molecular weight is 275 g/mol. The highest BCUT2D eigenvalue weighted by Gasteiger charge is 2.28. The van der Waals surface area contributed by atoms with Gasteiger partial charge in [0.25, 0.3) is 0 Å². The summed E-state index contributed by atoms with van der Waals surface area (Å²) >= 11 is 0. The molecule has 4 heteroatoms. The highest BCUT2D eigenvalue weighted by atomic mass is 16.5. The Morgan fingerprint density at radius 1 is 1.30 bits per heavy atom. The minimum Gasteiger partial charge on any atom is -0.469 e. The number of rotatable bonds is 4. The third kappa shape index (κ3) is 3.83. The Morgan fingerprint density at radius 2 is 2.05 bits per heavy atom. The van der Waals surface area contributed by atoms with Crippen molar-refractivity contribution in [2.24, 2.45) is 5.92 Å². The maximum Gasteiger partial charge on any atom is 0.310 e. The first-order chi connectivity index (χ1) is 9.70. The zero-order valence-corrected chi connectivity index (χ0v) is 11.9. The number of piperidine rings is 1. The minimum absolute atomic E-state index is 0.127. The molecule has 0 radical (unpaired) electrons. The molecule has 4 nitrogen and oxygen atoms in total. The smallest absolute Gasteiger partial charge is 0.310 e. The lowest BCUT2D eigenvalue weighted by molar-refractivity contribution is -0.149. The number of ether oxygens (including phenoxy) is 1. The molecule has 1 fully saturated rings. The Bertz CT molecular complexity index is 458. The van der Waals surface area contributed by atoms with Gasteiger partial charge in [-0.2, -0.15) is 0 Å². The van der Waals surface area contributed by atoms with Gasteiger partial charge in [0.2, 0.25) is 5.91 Å². The van der Waals surface area contributed by atoms with Crippen molar-refractivity contribution in [3.8, 4) is 0 Å². The number of carbonyl (C=O) groups is 2. The summed E-state index contributed by atoms with van der Waals surface area (Å²) in [6.07, 6.45) is 2.93. The lowest BCUT2D eigenvalue weighted by atomic mass is 9.97. The van der Waals surface area contributed by atoms with Crippen molar-refractivity contribution in [2.75, 3.05) is 20.2 Å². The molecule has 1 aromatic rings. The Hall–Kier alpha value is -1.84. The first kappa shape index (κ1) is 14.6. The summed E-state index contributed by atoms with van der Waals surface area (Å²) in [6.45, 7) is 1.25. The Kier molecular flexibility index (Phi) is 5.16. The van der Waals surface area contributed by atoms with E-state index in [1.807, 2.05) is 30.3 Å². The normalized spacial score (nSPS) is 18.6. The third-order valence-electron chi connectivity index (χ3n) is 3.78. The van der Waals surface area contributed by atoms with Gasteiger partial charge in [-0.1, -0.05) is 30.3 Å². The van der Waals surface area contributed by atoms with Gasteiger partial charge in [-0.05, 0) is 24.8 Å². The Labute approximate surface area is 119 Å². The van der Waals surface area contributed by atoms with Crippen molar-refractivity contribution in [1.82, 2.24) is 4.90 Å². The second kappa shape index (κ2) is 7.08. The maximum absolute atomic E-state index is 12.2. The topological polar surface area (TPSA) is 46.6 Å². The van der Waals surface area contributed by atoms with Gasteiger partial charge in [-0.25, -0.2) is 0 Å². The molecule has 0 unspecified atom stereocenters. The van der Waals surface area contributed by atoms with Gasteiger partial charge in [0, 0.05) is 19.5 Å². The molecular weight excluding hydrogens is 254 g/mol. The van der Waals surface area contributed by atoms with Crippen molar-refractivity contribution in [2.45, 2.75) is 25.7 Å². The molecule has 1 amide bonds. The number of likely N-dealkylation sites (tertiary alicyclic amines) is 1. The van der Waals surface area contributed by atoms with E-state index in [9.17, 15) is 9.59 Å². The second-order valence-electron chi connectivity index (χ2n) is 5.19. The van der Waals surface area contributed by atoms with E-state index in [-0.39, 0.29) is 17.8 Å². The molecule has 0 spiro atoms. The van der Waals surface area contributed by atoms with Crippen LogP contribution in [0, 0.1) is 5.92 Å². The zero-order valence-electron chi connectivity index (χ0n) is 11.9. The van der Waals surface area contributed by atoms with Gasteiger partial charge in [-0.15, -0.1) is 0 Å². The van der Waals surface area contributed by atoms with Crippen LogP contribution in [0.1, 0.15) is 24.8 Å². The van der Waals surface area contributed by atoms with Crippen LogP contribution in [0.25, 0.3) is 0 Å². The number of amides is 1. The van der Waals surface area contributed by atoms with Gasteiger partial charge < -0.3 is 9.64 Å². The van der Waals surface area contributed by atoms with E-state index >= 15 is 0 Å². The van der Waals surface area contributed by atoms with Crippen LogP contribution < -0.4 is 0 Å². The molecule has 0 bridgehead atoms. The molecule has 1 aliphatic rings. The predicted octanol–water partition coefficient (Wildman–Crippen LogP) is 2.03. The molecular formula is C16H21NO3. The van der Waals surface area contributed by atoms with Crippen molar-refractivity contribution in [1.29, 1.82) is 0 Å². The third-order valence-corrected chi connectivity index (χ3v) is 3.78. The Balaban J connectivity index is 1.84. The second-order valence-corrected chi connectivity index (χ2v) is 5.19. The highest BCUT2D eigenvalue weighted by molar-refractivity contribution is 5.78. The number of aryl methyl sites for hydroxylation is 1. The Morgan fingerprint density at radius 3 is 2.75 bits per heavy atom. The van der Waals surface area contributed by atoms with Crippen molar-refractivity contribution in [3.63, 3.8) is 0 Å². The predicted molar refractivity (Wildman–Crippen MR) is 76.1 cm³/mol. The van der Waals surface area contributed by atoms with E-state index in [4.69, 9.17) is 4.74 Å². The average Bonchev–Trinajstić information content (AvgIpc) is 2.53. The lowest BCUT2D eigenvalue weighted by Gasteiger charge is -2.31. The molecule has 108 valence electrons. The number of benzene rings is 1. The molecule has 2 rings (SSSR count). The van der Waals surface area contributed by atoms with Crippen LogP contribution in [0.5, 0.6) is 0 Å². The quantitative estimate of drug-likeness (QED) is 0.790. The molecule has 0 aliphatic carbocycles. The first-order valence-corrected chi connectivity index (χ1v) is 7.10. The van der Waals surface area contributed by atoms with Crippen molar-refractivity contribution >= 4 is 11.9 Å². The zero-order chi connectivity index (χ0) is 14.4. The van der Waals surface area contributed by atoms with Gasteiger partial charge in [0.15, 0.2) is 0 Å². The van der Waals surface area contributed by atoms with Crippen LogP contribution in [0.2, 0.25) is 0 Å². The molecule has 0 aromatic heterocycles. The van der Waals surface area contributed by atoms with Crippen LogP contribution >= 0.6 is 0 Å². The largest absolute Gasteiger partial charge is 0.469 e. The van der Waals surface area contributed by atoms with E-state index < -0.39 is 0 Å². The van der Waals surface area contributed by atoms with Crippen LogP contribution in [0.4, 0.5) is 0 Å². The maximum atomic E-state index is 12.2. The summed E-state index contributed by atoms with van der Waals surface area (Å²) < 4.78 is 4.77. The molecule has 1 aromatic carbocycles. The van der Waals surface area contributed by atoms with E-state index in [1.165, 1.54) is 12.7 Å². The molecule has 1 aliphatic heterocycles. The molecule has 20 heavy (non-hydrogen) atoms. The fourth-order valence-corrected chi connectivity index (χ4v) is 2.62. The van der Waals surface area contributed by atoms with E-state index in [0.717, 1.165) is 25.8 Å². The fraction of sp³-hybridized carbons (Fsp3) is 0.500. The van der Waals surface area contributed by atoms with Gasteiger partial charge in [0.05, 0.1) is 13.0 Å². The van der Waals surface area contributed by atoms with Crippen LogP contribution in [0.15, 0.2) is 30.3 Å². The van der Waals surface area contributed by atoms with Crippen molar-refractivity contribution in [3.05, 3.63) is 35.9 Å². The van der Waals surface area contributed by atoms with Crippen LogP contribution in [0.3, 0.4) is 0 Å². The SMILES string of the molecule is COC(=O)[C@H]1CCCN(C(=O)CCc2ccccc2)C1. The number of methoxy groups -OCH3 is 1. The molecule has 0 saturated carbocycles. The molecule has 1 heterocycles. The monoisotopic (exact) mass is 275 g/mol. The minimum atomic E-state index is -0.203. The summed E-state index contributed by atoms with van der Waals surface area (Å²) in [5.41, 5.74) is 1.17. The van der Waals surface area contributed by atoms with E-state index in [1.54, 1.807) is 4.90 Å². The summed E-state index contributed by atoms with van der Waals surface area (Å²) in [4.78, 5) is 25.6. The van der Waals surface area contributed by atoms with Crippen LogP contribution in [-0.4, -0.2) is 37.0 Å². The number of carbonyl (C=O) groups excluding carboxylic acids is 2. The number of nitrogens with zero attached hydrogens (tertiary/aromatic N) is 1. The number of hydrogen-bond acceptors (Lipinski definition) is 3. The van der Waals surface area contributed by atoms with Crippen molar-refractivity contribution < 1.29 is 14.3 Å². The molecule has 1 saturated heterocycles. The standard InChI is InChI=1S/C16H21NO3/c1-20-16(19)14-8-5-11-17(12-14)15(18)10-9-13-6-3-2-4-7-13/h2-4,6-7,14H,5,8-12H2,1H3/t14-/m0/s1. The van der Waals surface area contributed by atoms with Gasteiger partial charge >= 0.3 is 5.97 Å². The number of hydrogen-bond donors (Lipinski definition) is 0. The number of esters is 1. The summed E-state index contributed by atoms with van der Waals surface area (Å²) in [5, 5.41) is 0. The first-order valence-electron chi connectivity index (χ1n) is 7.10. The van der Waals surface area contributed by atoms with Gasteiger partial charge in [0.1, 0.15) is 0 Å². The van der Waals surface area contributed by atoms with Crippen LogP contribution in [-0.2, 0) is 20.7 Å². The lowest BCUT2D eigenvalue weighted by Crippen LogP contribution is -2.42. The summed E-state index contributed by atoms with van der Waals surface area (Å²) in [7, 11) is 1.40. The summed E-state index contributed by atoms with van der Waals surface area (Å²) in [5.74, 6) is -0.234. The highest BCUT2D eigenvalue weighted by Crippen LogP contribution is 2.18. The van der Waals surface area contributed by atoms with E-state index in [0.29, 0.717) is 13.0 Å². The fourth-order valence-electron chi connectivity index (χ4n) is 2.62. The summed E-state index contributed by atoms with van der Waals surface area (Å²) in [6, 6.07) is 9.99.